The van der Waals surface area contributed by atoms with Crippen molar-refractivity contribution < 1.29 is 4.79 Å². The van der Waals surface area contributed by atoms with Crippen molar-refractivity contribution in [2.45, 2.75) is 34.1 Å². The average molecular weight is 393 g/mol. The van der Waals surface area contributed by atoms with Crippen molar-refractivity contribution in [2.24, 2.45) is 0 Å². The molecular weight excluding hydrogens is 366 g/mol. The number of hydrogen-bond acceptors (Lipinski definition) is 5. The fraction of sp³-hybridized carbons (Fsp3) is 0.333. The second-order valence-electron chi connectivity index (χ2n) is 6.82. The zero-order valence-electron chi connectivity index (χ0n) is 17.3. The number of urea groups is 1. The number of benzene rings is 1. The third-order valence-corrected chi connectivity index (χ3v) is 4.41. The van der Waals surface area contributed by atoms with Crippen LogP contribution in [-0.2, 0) is 6.42 Å². The molecule has 8 nitrogen and oxygen atoms in total. The lowest BCUT2D eigenvalue weighted by atomic mass is 10.1. The van der Waals surface area contributed by atoms with Gasteiger partial charge in [-0.15, -0.1) is 0 Å². The fourth-order valence-electron chi connectivity index (χ4n) is 3.10. The van der Waals surface area contributed by atoms with Crippen molar-refractivity contribution in [3.8, 4) is 5.82 Å². The summed E-state index contributed by atoms with van der Waals surface area (Å²) >= 11 is 0. The van der Waals surface area contributed by atoms with Crippen LogP contribution in [0, 0.1) is 20.8 Å². The maximum absolute atomic E-state index is 12.1. The lowest BCUT2D eigenvalue weighted by molar-refractivity contribution is 0.252. The standard InChI is InChI=1S/C21H27N7O/c1-5-17-8-6-7-9-18(17)26-21(29)23-11-10-22-19-13-20(25-16(4)24-19)28-15(3)12-14(2)27-28/h6-9,12-13H,5,10-11H2,1-4H3,(H,22,24,25)(H2,23,26,29). The molecule has 3 rings (SSSR count). The number of carbonyl (C=O) groups excluding carboxylic acids is 1. The van der Waals surface area contributed by atoms with Crippen LogP contribution >= 0.6 is 0 Å². The summed E-state index contributed by atoms with van der Waals surface area (Å²) in [6, 6.07) is 11.4. The Bertz CT molecular complexity index is 996. The van der Waals surface area contributed by atoms with E-state index >= 15 is 0 Å². The number of aryl methyl sites for hydroxylation is 4. The van der Waals surface area contributed by atoms with Gasteiger partial charge in [0.15, 0.2) is 5.82 Å². The summed E-state index contributed by atoms with van der Waals surface area (Å²) in [7, 11) is 0. The summed E-state index contributed by atoms with van der Waals surface area (Å²) in [6.45, 7) is 8.84. The normalized spacial score (nSPS) is 10.6. The van der Waals surface area contributed by atoms with Crippen LogP contribution in [0.5, 0.6) is 0 Å². The van der Waals surface area contributed by atoms with E-state index in [-0.39, 0.29) is 6.03 Å². The van der Waals surface area contributed by atoms with Crippen LogP contribution in [0.25, 0.3) is 5.82 Å². The summed E-state index contributed by atoms with van der Waals surface area (Å²) in [5, 5.41) is 13.4. The van der Waals surface area contributed by atoms with Gasteiger partial charge in [0.25, 0.3) is 0 Å². The molecule has 2 heterocycles. The van der Waals surface area contributed by atoms with Gasteiger partial charge in [-0.1, -0.05) is 25.1 Å². The van der Waals surface area contributed by atoms with Crippen molar-refractivity contribution in [3.63, 3.8) is 0 Å². The minimum absolute atomic E-state index is 0.227. The number of amides is 2. The Morgan fingerprint density at radius 2 is 1.86 bits per heavy atom. The van der Waals surface area contributed by atoms with Crippen LogP contribution in [-0.4, -0.2) is 38.9 Å². The number of hydrogen-bond donors (Lipinski definition) is 3. The van der Waals surface area contributed by atoms with Crippen molar-refractivity contribution in [1.29, 1.82) is 0 Å². The molecule has 0 radical (unpaired) electrons. The van der Waals surface area contributed by atoms with E-state index in [9.17, 15) is 4.79 Å². The number of anilines is 2. The van der Waals surface area contributed by atoms with E-state index in [4.69, 9.17) is 0 Å². The van der Waals surface area contributed by atoms with E-state index in [1.165, 1.54) is 0 Å². The molecule has 1 aromatic carbocycles. The molecule has 2 aromatic heterocycles. The van der Waals surface area contributed by atoms with Crippen LogP contribution in [0.2, 0.25) is 0 Å². The molecule has 0 unspecified atom stereocenters. The molecule has 3 aromatic rings. The van der Waals surface area contributed by atoms with Crippen molar-refractivity contribution in [2.75, 3.05) is 23.7 Å². The quantitative estimate of drug-likeness (QED) is 0.535. The highest BCUT2D eigenvalue weighted by atomic mass is 16.2. The molecule has 29 heavy (non-hydrogen) atoms. The number of para-hydroxylation sites is 1. The van der Waals surface area contributed by atoms with E-state index in [1.807, 2.05) is 57.2 Å². The smallest absolute Gasteiger partial charge is 0.319 e. The van der Waals surface area contributed by atoms with Gasteiger partial charge in [0.05, 0.1) is 5.69 Å². The largest absolute Gasteiger partial charge is 0.368 e. The molecular formula is C21H27N7O. The van der Waals surface area contributed by atoms with Crippen LogP contribution in [0.15, 0.2) is 36.4 Å². The van der Waals surface area contributed by atoms with Crippen LogP contribution in [0.3, 0.4) is 0 Å². The van der Waals surface area contributed by atoms with E-state index in [2.05, 4.69) is 37.9 Å². The zero-order chi connectivity index (χ0) is 20.8. The summed E-state index contributed by atoms with van der Waals surface area (Å²) in [6.07, 6.45) is 0.864. The molecule has 0 aliphatic rings. The highest BCUT2D eigenvalue weighted by molar-refractivity contribution is 5.90. The van der Waals surface area contributed by atoms with Crippen molar-refractivity contribution in [1.82, 2.24) is 25.1 Å². The molecule has 8 heteroatoms. The Morgan fingerprint density at radius 3 is 2.59 bits per heavy atom. The molecule has 0 fully saturated rings. The first-order valence-corrected chi connectivity index (χ1v) is 9.72. The van der Waals surface area contributed by atoms with E-state index in [1.54, 1.807) is 4.68 Å². The molecule has 2 amide bonds. The molecule has 0 atom stereocenters. The van der Waals surface area contributed by atoms with E-state index in [0.29, 0.717) is 30.5 Å². The lowest BCUT2D eigenvalue weighted by Crippen LogP contribution is -2.33. The second-order valence-corrected chi connectivity index (χ2v) is 6.82. The fourth-order valence-corrected chi connectivity index (χ4v) is 3.10. The molecule has 0 saturated carbocycles. The number of carbonyl (C=O) groups is 1. The maximum atomic E-state index is 12.1. The predicted octanol–water partition coefficient (Wildman–Crippen LogP) is 3.38. The van der Waals surface area contributed by atoms with Gasteiger partial charge in [0, 0.05) is 30.5 Å². The Labute approximate surface area is 170 Å². The van der Waals surface area contributed by atoms with Gasteiger partial charge in [-0.05, 0) is 44.9 Å². The Balaban J connectivity index is 1.54. The molecule has 0 spiro atoms. The average Bonchev–Trinajstić information content (AvgIpc) is 3.03. The van der Waals surface area contributed by atoms with Crippen molar-refractivity contribution in [3.05, 3.63) is 59.2 Å². The first-order valence-electron chi connectivity index (χ1n) is 9.72. The van der Waals surface area contributed by atoms with Crippen LogP contribution < -0.4 is 16.0 Å². The molecule has 0 aliphatic carbocycles. The highest BCUT2D eigenvalue weighted by Crippen LogP contribution is 2.15. The summed E-state index contributed by atoms with van der Waals surface area (Å²) in [5.74, 6) is 2.06. The van der Waals surface area contributed by atoms with Crippen LogP contribution in [0.4, 0.5) is 16.3 Å². The Hall–Kier alpha value is -3.42. The topological polar surface area (TPSA) is 96.8 Å². The number of nitrogens with one attached hydrogen (secondary N) is 3. The molecule has 0 saturated heterocycles. The first-order chi connectivity index (χ1) is 14.0. The number of aromatic nitrogens is 4. The Morgan fingerprint density at radius 1 is 1.07 bits per heavy atom. The predicted molar refractivity (Wildman–Crippen MR) is 115 cm³/mol. The van der Waals surface area contributed by atoms with Gasteiger partial charge in [-0.25, -0.2) is 19.4 Å². The van der Waals surface area contributed by atoms with Gasteiger partial charge < -0.3 is 16.0 Å². The van der Waals surface area contributed by atoms with Gasteiger partial charge in [0.2, 0.25) is 0 Å². The molecule has 3 N–H and O–H groups in total. The lowest BCUT2D eigenvalue weighted by Gasteiger charge is -2.12. The van der Waals surface area contributed by atoms with Gasteiger partial charge in [0.1, 0.15) is 11.6 Å². The number of nitrogens with zero attached hydrogens (tertiary/aromatic N) is 4. The van der Waals surface area contributed by atoms with Gasteiger partial charge in [-0.2, -0.15) is 5.10 Å². The second kappa shape index (κ2) is 9.18. The van der Waals surface area contributed by atoms with Crippen LogP contribution in [0.1, 0.15) is 29.7 Å². The Kier molecular flexibility index (Phi) is 6.43. The third-order valence-electron chi connectivity index (χ3n) is 4.41. The van der Waals surface area contributed by atoms with Crippen molar-refractivity contribution >= 4 is 17.5 Å². The molecule has 0 bridgehead atoms. The summed E-state index contributed by atoms with van der Waals surface area (Å²) < 4.78 is 1.80. The summed E-state index contributed by atoms with van der Waals surface area (Å²) in [4.78, 5) is 21.0. The molecule has 0 aliphatic heterocycles. The summed E-state index contributed by atoms with van der Waals surface area (Å²) in [5.41, 5.74) is 3.89. The maximum Gasteiger partial charge on any atom is 0.319 e. The first kappa shape index (κ1) is 20.3. The van der Waals surface area contributed by atoms with Gasteiger partial charge in [-0.3, -0.25) is 0 Å². The monoisotopic (exact) mass is 393 g/mol. The zero-order valence-corrected chi connectivity index (χ0v) is 17.3. The van der Waals surface area contributed by atoms with Gasteiger partial charge >= 0.3 is 6.03 Å². The third kappa shape index (κ3) is 5.31. The van der Waals surface area contributed by atoms with E-state index in [0.717, 1.165) is 29.1 Å². The highest BCUT2D eigenvalue weighted by Gasteiger charge is 2.09. The minimum atomic E-state index is -0.227. The number of rotatable bonds is 7. The SMILES string of the molecule is CCc1ccccc1NC(=O)NCCNc1cc(-n2nc(C)cc2C)nc(C)n1. The van der Waals surface area contributed by atoms with E-state index < -0.39 is 0 Å². The molecule has 152 valence electrons. The minimum Gasteiger partial charge on any atom is -0.368 e.